The van der Waals surface area contributed by atoms with Crippen LogP contribution < -0.4 is 0 Å². The van der Waals surface area contributed by atoms with Crippen molar-refractivity contribution in [2.24, 2.45) is 11.8 Å². The molecule has 0 amide bonds. The van der Waals surface area contributed by atoms with Crippen LogP contribution in [-0.4, -0.2) is 17.0 Å². The molecule has 2 heteroatoms. The van der Waals surface area contributed by atoms with Crippen LogP contribution in [0, 0.1) is 11.8 Å². The van der Waals surface area contributed by atoms with E-state index in [1.807, 2.05) is 13.8 Å². The van der Waals surface area contributed by atoms with E-state index in [0.717, 1.165) is 0 Å². The van der Waals surface area contributed by atoms with E-state index in [-0.39, 0.29) is 11.7 Å². The Morgan fingerprint density at radius 3 is 2.09 bits per heavy atom. The highest BCUT2D eigenvalue weighted by atomic mass is 16.3. The zero-order valence-electron chi connectivity index (χ0n) is 7.79. The van der Waals surface area contributed by atoms with Crippen LogP contribution in [0.2, 0.25) is 0 Å². The molecule has 0 aliphatic heterocycles. The molecular formula is C9H18O2. The van der Waals surface area contributed by atoms with Gasteiger partial charge in [0.2, 0.25) is 0 Å². The predicted octanol–water partition coefficient (Wildman–Crippen LogP) is 1.62. The van der Waals surface area contributed by atoms with E-state index in [4.69, 9.17) is 0 Å². The summed E-state index contributed by atoms with van der Waals surface area (Å²) in [5.41, 5.74) is 0. The highest BCUT2D eigenvalue weighted by molar-refractivity contribution is 5.78. The molecular weight excluding hydrogens is 140 g/mol. The molecule has 0 spiro atoms. The molecule has 0 aliphatic rings. The molecule has 0 saturated carbocycles. The quantitative estimate of drug-likeness (QED) is 0.675. The molecule has 0 aromatic rings. The summed E-state index contributed by atoms with van der Waals surface area (Å²) in [6.45, 7) is 7.37. The van der Waals surface area contributed by atoms with Crippen molar-refractivity contribution in [3.05, 3.63) is 0 Å². The normalized spacial score (nSPS) is 16.5. The monoisotopic (exact) mass is 158 g/mol. The number of aliphatic hydroxyl groups is 1. The highest BCUT2D eigenvalue weighted by Gasteiger charge is 2.18. The summed E-state index contributed by atoms with van der Waals surface area (Å²) < 4.78 is 0. The molecule has 0 fully saturated rings. The Kier molecular flexibility index (Phi) is 4.34. The number of hydrogen-bond acceptors (Lipinski definition) is 2. The van der Waals surface area contributed by atoms with Crippen molar-refractivity contribution in [2.75, 3.05) is 0 Å². The van der Waals surface area contributed by atoms with Gasteiger partial charge in [0.05, 0.1) is 6.10 Å². The van der Waals surface area contributed by atoms with Gasteiger partial charge < -0.3 is 5.11 Å². The third-order valence-electron chi connectivity index (χ3n) is 1.93. The Labute approximate surface area is 68.6 Å². The lowest BCUT2D eigenvalue weighted by atomic mass is 9.93. The Morgan fingerprint density at radius 2 is 1.82 bits per heavy atom. The van der Waals surface area contributed by atoms with E-state index < -0.39 is 6.10 Å². The minimum atomic E-state index is -0.465. The third kappa shape index (κ3) is 4.14. The second-order valence-corrected chi connectivity index (χ2v) is 3.60. The Bertz CT molecular complexity index is 130. The molecule has 1 N–H and O–H groups in total. The number of aliphatic hydroxyl groups excluding tert-OH is 1. The third-order valence-corrected chi connectivity index (χ3v) is 1.93. The molecule has 2 atom stereocenters. The summed E-state index contributed by atoms with van der Waals surface area (Å²) in [7, 11) is 0. The molecule has 0 aromatic carbocycles. The molecule has 0 saturated heterocycles. The second kappa shape index (κ2) is 4.50. The lowest BCUT2D eigenvalue weighted by Crippen LogP contribution is -2.25. The first-order chi connectivity index (χ1) is 4.95. The van der Waals surface area contributed by atoms with Gasteiger partial charge in [-0.25, -0.2) is 0 Å². The van der Waals surface area contributed by atoms with E-state index >= 15 is 0 Å². The number of carbonyl (C=O) groups excluding carboxylic acids is 1. The number of Topliss-reactive ketones (excluding diaryl/α,β-unsaturated/α-hetero) is 1. The SMILES string of the molecule is CC(=O)[C@@H](C)[C@H](O)CC(C)C. The van der Waals surface area contributed by atoms with Crippen LogP contribution in [0.25, 0.3) is 0 Å². The van der Waals surface area contributed by atoms with Crippen LogP contribution in [0.4, 0.5) is 0 Å². The van der Waals surface area contributed by atoms with Gasteiger partial charge in [-0.1, -0.05) is 20.8 Å². The lowest BCUT2D eigenvalue weighted by molar-refractivity contribution is -0.123. The summed E-state index contributed by atoms with van der Waals surface area (Å²) in [5.74, 6) is 0.308. The Morgan fingerprint density at radius 1 is 1.36 bits per heavy atom. The number of carbonyl (C=O) groups is 1. The van der Waals surface area contributed by atoms with Crippen LogP contribution in [0.3, 0.4) is 0 Å². The Balaban J connectivity index is 3.82. The zero-order chi connectivity index (χ0) is 9.02. The van der Waals surface area contributed by atoms with Gasteiger partial charge in [-0.2, -0.15) is 0 Å². The second-order valence-electron chi connectivity index (χ2n) is 3.60. The average Bonchev–Trinajstić information content (AvgIpc) is 1.84. The van der Waals surface area contributed by atoms with Gasteiger partial charge >= 0.3 is 0 Å². The van der Waals surface area contributed by atoms with Crippen LogP contribution in [0.1, 0.15) is 34.1 Å². The maximum absolute atomic E-state index is 10.8. The van der Waals surface area contributed by atoms with Crippen molar-refractivity contribution in [1.29, 1.82) is 0 Å². The molecule has 0 aromatic heterocycles. The van der Waals surface area contributed by atoms with E-state index in [0.29, 0.717) is 12.3 Å². The summed E-state index contributed by atoms with van der Waals surface area (Å²) in [5, 5.41) is 9.44. The first-order valence-corrected chi connectivity index (χ1v) is 4.13. The van der Waals surface area contributed by atoms with Crippen LogP contribution in [0.15, 0.2) is 0 Å². The van der Waals surface area contributed by atoms with Crippen LogP contribution >= 0.6 is 0 Å². The first kappa shape index (κ1) is 10.6. The molecule has 0 unspecified atom stereocenters. The fourth-order valence-corrected chi connectivity index (χ4v) is 0.958. The maximum atomic E-state index is 10.8. The fourth-order valence-electron chi connectivity index (χ4n) is 0.958. The molecule has 11 heavy (non-hydrogen) atoms. The molecule has 2 nitrogen and oxygen atoms in total. The Hall–Kier alpha value is -0.370. The molecule has 0 bridgehead atoms. The minimum absolute atomic E-state index is 0.0677. The summed E-state index contributed by atoms with van der Waals surface area (Å²) in [6, 6.07) is 0. The summed E-state index contributed by atoms with van der Waals surface area (Å²) in [4.78, 5) is 10.8. The van der Waals surface area contributed by atoms with Gasteiger partial charge in [-0.3, -0.25) is 4.79 Å². The smallest absolute Gasteiger partial charge is 0.135 e. The summed E-state index contributed by atoms with van der Waals surface area (Å²) >= 11 is 0. The molecule has 0 rings (SSSR count). The van der Waals surface area contributed by atoms with Crippen molar-refractivity contribution in [3.63, 3.8) is 0 Å². The van der Waals surface area contributed by atoms with E-state index in [1.165, 1.54) is 6.92 Å². The molecule has 0 radical (unpaired) electrons. The highest BCUT2D eigenvalue weighted by Crippen LogP contribution is 2.13. The van der Waals surface area contributed by atoms with Gasteiger partial charge in [0.15, 0.2) is 0 Å². The lowest BCUT2D eigenvalue weighted by Gasteiger charge is -2.17. The van der Waals surface area contributed by atoms with E-state index in [2.05, 4.69) is 0 Å². The number of hydrogen-bond donors (Lipinski definition) is 1. The fraction of sp³-hybridized carbons (Fsp3) is 0.889. The average molecular weight is 158 g/mol. The van der Waals surface area contributed by atoms with Crippen molar-refractivity contribution in [3.8, 4) is 0 Å². The molecule has 66 valence electrons. The summed E-state index contributed by atoms with van der Waals surface area (Å²) in [6.07, 6.45) is 0.244. The molecule has 0 heterocycles. The zero-order valence-corrected chi connectivity index (χ0v) is 7.79. The number of rotatable bonds is 4. The van der Waals surface area contributed by atoms with Crippen molar-refractivity contribution in [1.82, 2.24) is 0 Å². The van der Waals surface area contributed by atoms with Gasteiger partial charge in [-0.05, 0) is 19.3 Å². The van der Waals surface area contributed by atoms with Gasteiger partial charge in [0, 0.05) is 5.92 Å². The number of ketones is 1. The van der Waals surface area contributed by atoms with Crippen molar-refractivity contribution in [2.45, 2.75) is 40.2 Å². The molecule has 0 aliphatic carbocycles. The van der Waals surface area contributed by atoms with Gasteiger partial charge in [0.1, 0.15) is 5.78 Å². The van der Waals surface area contributed by atoms with Crippen molar-refractivity contribution < 1.29 is 9.90 Å². The maximum Gasteiger partial charge on any atom is 0.135 e. The predicted molar refractivity (Wildman–Crippen MR) is 45.3 cm³/mol. The van der Waals surface area contributed by atoms with Gasteiger partial charge in [0.25, 0.3) is 0 Å². The largest absolute Gasteiger partial charge is 0.392 e. The van der Waals surface area contributed by atoms with Crippen LogP contribution in [0.5, 0.6) is 0 Å². The van der Waals surface area contributed by atoms with Crippen molar-refractivity contribution >= 4 is 5.78 Å². The standard InChI is InChI=1S/C9H18O2/c1-6(2)5-9(11)7(3)8(4)10/h6-7,9,11H,5H2,1-4H3/t7-,9-/m1/s1. The first-order valence-electron chi connectivity index (χ1n) is 4.13. The topological polar surface area (TPSA) is 37.3 Å². The van der Waals surface area contributed by atoms with E-state index in [1.54, 1.807) is 6.92 Å². The van der Waals surface area contributed by atoms with Gasteiger partial charge in [-0.15, -0.1) is 0 Å². The van der Waals surface area contributed by atoms with E-state index in [9.17, 15) is 9.90 Å². The minimum Gasteiger partial charge on any atom is -0.392 e. The van der Waals surface area contributed by atoms with Crippen LogP contribution in [-0.2, 0) is 4.79 Å².